The predicted molar refractivity (Wildman–Crippen MR) is 102 cm³/mol. The van der Waals surface area contributed by atoms with Crippen molar-refractivity contribution in [1.82, 2.24) is 24.2 Å². The minimum absolute atomic E-state index is 0.0960. The number of anilines is 1. The summed E-state index contributed by atoms with van der Waals surface area (Å²) in [6.45, 7) is 1.33. The number of rotatable bonds is 5. The molecule has 0 spiro atoms. The lowest BCUT2D eigenvalue weighted by atomic mass is 10.1. The Bertz CT molecular complexity index is 1150. The van der Waals surface area contributed by atoms with Crippen LogP contribution in [0.4, 0.5) is 5.82 Å². The summed E-state index contributed by atoms with van der Waals surface area (Å²) < 4.78 is 34.0. The number of aryl methyl sites for hydroxylation is 1. The summed E-state index contributed by atoms with van der Waals surface area (Å²) in [4.78, 5) is 12.1. The van der Waals surface area contributed by atoms with E-state index in [0.29, 0.717) is 0 Å². The summed E-state index contributed by atoms with van der Waals surface area (Å²) in [5, 5.41) is 21.7. The Kier molecular flexibility index (Phi) is 4.75. The number of sulfonamides is 1. The molecule has 1 fully saturated rings. The number of ether oxygens (including phenoxy) is 1. The maximum Gasteiger partial charge on any atom is 0.240 e. The van der Waals surface area contributed by atoms with Gasteiger partial charge in [0.25, 0.3) is 0 Å². The molecule has 0 radical (unpaired) electrons. The van der Waals surface area contributed by atoms with Gasteiger partial charge in [-0.15, -0.1) is 0 Å². The Morgan fingerprint density at radius 2 is 2.03 bits per heavy atom. The lowest BCUT2D eigenvalue weighted by Gasteiger charge is -2.27. The quantitative estimate of drug-likeness (QED) is 0.409. The van der Waals surface area contributed by atoms with Crippen molar-refractivity contribution in [2.45, 2.75) is 29.8 Å². The van der Waals surface area contributed by atoms with Crippen LogP contribution in [0.15, 0.2) is 41.8 Å². The fourth-order valence-corrected chi connectivity index (χ4v) is 4.26. The summed E-state index contributed by atoms with van der Waals surface area (Å²) in [5.41, 5.74) is 5.29. The van der Waals surface area contributed by atoms with Gasteiger partial charge in [-0.1, -0.05) is 17.7 Å². The highest BCUT2D eigenvalue weighted by atomic mass is 32.2. The third kappa shape index (κ3) is 3.34. The first-order chi connectivity index (χ1) is 13.7. The summed E-state index contributed by atoms with van der Waals surface area (Å²) in [7, 11) is -3.80. The van der Waals surface area contributed by atoms with Crippen LogP contribution in [0.25, 0.3) is 11.2 Å². The molecule has 11 nitrogen and oxygen atoms in total. The van der Waals surface area contributed by atoms with Crippen molar-refractivity contribution >= 4 is 27.0 Å². The van der Waals surface area contributed by atoms with E-state index in [1.165, 1.54) is 29.4 Å². The Morgan fingerprint density at radius 3 is 2.76 bits per heavy atom. The van der Waals surface area contributed by atoms with Gasteiger partial charge in [0.15, 0.2) is 17.2 Å². The van der Waals surface area contributed by atoms with Gasteiger partial charge in [-0.05, 0) is 19.1 Å². The van der Waals surface area contributed by atoms with Crippen molar-refractivity contribution in [3.63, 3.8) is 0 Å². The molecular formula is C17H20N6O5S. The summed E-state index contributed by atoms with van der Waals surface area (Å²) in [6, 6.07) is 6.35. The average Bonchev–Trinajstić information content (AvgIpc) is 3.25. The maximum atomic E-state index is 12.5. The number of imidazole rings is 1. The number of nitrogen functional groups attached to an aromatic ring is 1. The number of aliphatic hydroxyl groups is 2. The van der Waals surface area contributed by atoms with E-state index in [1.807, 2.05) is 6.92 Å². The molecular weight excluding hydrogens is 400 g/mol. The number of aliphatic hydroxyl groups excluding tert-OH is 1. The zero-order valence-electron chi connectivity index (χ0n) is 15.4. The number of aromatic nitrogens is 4. The van der Waals surface area contributed by atoms with E-state index in [1.54, 1.807) is 12.1 Å². The Morgan fingerprint density at radius 1 is 1.31 bits per heavy atom. The highest BCUT2D eigenvalue weighted by Crippen LogP contribution is 2.32. The summed E-state index contributed by atoms with van der Waals surface area (Å²) in [5.74, 6) is 0.133. The zero-order valence-corrected chi connectivity index (χ0v) is 16.2. The van der Waals surface area contributed by atoms with Crippen molar-refractivity contribution in [3.8, 4) is 0 Å². The molecule has 0 saturated carbocycles. The maximum absolute atomic E-state index is 12.5. The molecule has 3 atom stereocenters. The van der Waals surface area contributed by atoms with Crippen molar-refractivity contribution in [2.24, 2.45) is 0 Å². The topological polar surface area (TPSA) is 165 Å². The fourth-order valence-electron chi connectivity index (χ4n) is 3.22. The molecule has 0 amide bonds. The minimum Gasteiger partial charge on any atom is -0.385 e. The molecule has 4 rings (SSSR count). The molecule has 154 valence electrons. The second kappa shape index (κ2) is 7.00. The van der Waals surface area contributed by atoms with Crippen molar-refractivity contribution < 1.29 is 23.4 Å². The van der Waals surface area contributed by atoms with Crippen LogP contribution in [-0.4, -0.2) is 63.5 Å². The Labute approximate surface area is 166 Å². The molecule has 2 aromatic heterocycles. The molecule has 12 heteroatoms. The van der Waals surface area contributed by atoms with E-state index in [9.17, 15) is 18.6 Å². The highest BCUT2D eigenvalue weighted by Gasteiger charge is 2.50. The second-order valence-corrected chi connectivity index (χ2v) is 8.65. The zero-order chi connectivity index (χ0) is 20.8. The number of hydrogen-bond acceptors (Lipinski definition) is 9. The molecule has 1 aliphatic rings. The molecule has 5 N–H and O–H groups in total. The van der Waals surface area contributed by atoms with Crippen LogP contribution in [-0.2, 0) is 20.5 Å². The van der Waals surface area contributed by atoms with Gasteiger partial charge in [0, 0.05) is 6.54 Å². The predicted octanol–water partition coefficient (Wildman–Crippen LogP) is -0.900. The van der Waals surface area contributed by atoms with Crippen LogP contribution in [0.5, 0.6) is 0 Å². The Balaban J connectivity index is 1.53. The molecule has 0 aliphatic carbocycles. The highest BCUT2D eigenvalue weighted by molar-refractivity contribution is 7.89. The Hall–Kier alpha value is -2.64. The third-order valence-electron chi connectivity index (χ3n) is 4.92. The van der Waals surface area contributed by atoms with E-state index in [-0.39, 0.29) is 35.0 Å². The van der Waals surface area contributed by atoms with Gasteiger partial charge in [-0.2, -0.15) is 0 Å². The van der Waals surface area contributed by atoms with E-state index in [4.69, 9.17) is 10.5 Å². The van der Waals surface area contributed by atoms with Crippen LogP contribution in [0.2, 0.25) is 0 Å². The molecule has 29 heavy (non-hydrogen) atoms. The number of nitrogens with two attached hydrogens (primary N) is 1. The van der Waals surface area contributed by atoms with Crippen LogP contribution < -0.4 is 10.5 Å². The van der Waals surface area contributed by atoms with E-state index in [2.05, 4.69) is 19.7 Å². The minimum atomic E-state index is -3.80. The van der Waals surface area contributed by atoms with Gasteiger partial charge in [0.05, 0.1) is 17.8 Å². The van der Waals surface area contributed by atoms with Gasteiger partial charge in [0.2, 0.25) is 10.0 Å². The standard InChI is InChI=1S/C17H20N6O5S/c1-10-2-4-11(5-3-10)29(26,27)22-6-12-14(24)17(25,7-28-12)23-9-21-13-15(18)19-8-20-16(13)23/h2-5,8-9,12,14,22,24-25H,6-7H2,1H3,(H2,18,19,20). The number of fused-ring (bicyclic) bond motifs is 1. The normalized spacial score (nSPS) is 24.9. The van der Waals surface area contributed by atoms with Crippen molar-refractivity contribution in [3.05, 3.63) is 42.5 Å². The summed E-state index contributed by atoms with van der Waals surface area (Å²) >= 11 is 0. The number of nitrogens with one attached hydrogen (secondary N) is 1. The first-order valence-electron chi connectivity index (χ1n) is 8.75. The van der Waals surface area contributed by atoms with Crippen molar-refractivity contribution in [1.29, 1.82) is 0 Å². The fraction of sp³-hybridized carbons (Fsp3) is 0.353. The molecule has 3 aromatic rings. The van der Waals surface area contributed by atoms with E-state index >= 15 is 0 Å². The molecule has 3 unspecified atom stereocenters. The van der Waals surface area contributed by atoms with Gasteiger partial charge < -0.3 is 20.7 Å². The SMILES string of the molecule is Cc1ccc(S(=O)(=O)NCC2OCC(O)(n3cnc4c(N)ncnc43)C2O)cc1. The van der Waals surface area contributed by atoms with E-state index in [0.717, 1.165) is 5.56 Å². The molecule has 3 heterocycles. The number of benzene rings is 1. The summed E-state index contributed by atoms with van der Waals surface area (Å²) in [6.07, 6.45) is 0.0593. The van der Waals surface area contributed by atoms with Gasteiger partial charge in [0.1, 0.15) is 24.1 Å². The molecule has 1 saturated heterocycles. The molecule has 1 aromatic carbocycles. The molecule has 0 bridgehead atoms. The third-order valence-corrected chi connectivity index (χ3v) is 6.36. The van der Waals surface area contributed by atoms with Gasteiger partial charge >= 0.3 is 0 Å². The lowest BCUT2D eigenvalue weighted by Crippen LogP contribution is -2.48. The molecule has 1 aliphatic heterocycles. The van der Waals surface area contributed by atoms with Gasteiger partial charge in [-0.3, -0.25) is 4.57 Å². The number of hydrogen-bond donors (Lipinski definition) is 4. The first kappa shape index (κ1) is 19.7. The van der Waals surface area contributed by atoms with E-state index < -0.39 is 28.0 Å². The van der Waals surface area contributed by atoms with Crippen LogP contribution >= 0.6 is 0 Å². The second-order valence-electron chi connectivity index (χ2n) is 6.88. The monoisotopic (exact) mass is 420 g/mol. The van der Waals surface area contributed by atoms with Crippen LogP contribution in [0.3, 0.4) is 0 Å². The average molecular weight is 420 g/mol. The van der Waals surface area contributed by atoms with Crippen molar-refractivity contribution in [2.75, 3.05) is 18.9 Å². The first-order valence-corrected chi connectivity index (χ1v) is 10.2. The van der Waals surface area contributed by atoms with Crippen LogP contribution in [0.1, 0.15) is 5.56 Å². The lowest BCUT2D eigenvalue weighted by molar-refractivity contribution is -0.107. The number of nitrogens with zero attached hydrogens (tertiary/aromatic N) is 4. The smallest absolute Gasteiger partial charge is 0.240 e. The van der Waals surface area contributed by atoms with Gasteiger partial charge in [-0.25, -0.2) is 28.1 Å². The van der Waals surface area contributed by atoms with Crippen LogP contribution in [0, 0.1) is 6.92 Å². The largest absolute Gasteiger partial charge is 0.385 e.